The molecular weight excluding hydrogens is 276 g/mol. The van der Waals surface area contributed by atoms with Gasteiger partial charge in [0.05, 0.1) is 11.3 Å². The number of aromatic nitrogens is 2. The Bertz CT molecular complexity index is 539. The van der Waals surface area contributed by atoms with Crippen LogP contribution in [0.15, 0.2) is 0 Å². The number of hydrogen-bond donors (Lipinski definition) is 1. The lowest BCUT2D eigenvalue weighted by Crippen LogP contribution is -2.36. The molecule has 0 aliphatic heterocycles. The summed E-state index contributed by atoms with van der Waals surface area (Å²) in [5.74, 6) is -0.556. The number of carbonyl (C=O) groups is 1. The summed E-state index contributed by atoms with van der Waals surface area (Å²) in [4.78, 5) is 23.6. The van der Waals surface area contributed by atoms with Gasteiger partial charge in [-0.3, -0.25) is 14.9 Å². The number of carboxylic acid groups (broad SMARTS) is 1. The highest BCUT2D eigenvalue weighted by atomic mass is 16.6. The molecule has 1 unspecified atom stereocenters. The summed E-state index contributed by atoms with van der Waals surface area (Å²) in [5, 5.41) is 24.6. The number of aliphatic carboxylic acids is 1. The zero-order valence-electron chi connectivity index (χ0n) is 13.0. The Morgan fingerprint density at radius 2 is 2.05 bits per heavy atom. The van der Waals surface area contributed by atoms with Crippen LogP contribution in [0, 0.1) is 17.0 Å². The van der Waals surface area contributed by atoms with Crippen LogP contribution in [0.4, 0.5) is 11.5 Å². The second-order valence-electron chi connectivity index (χ2n) is 5.29. The Kier molecular flexibility index (Phi) is 5.28. The number of hydrogen-bond acceptors (Lipinski definition) is 5. The van der Waals surface area contributed by atoms with Crippen LogP contribution < -0.4 is 4.90 Å². The lowest BCUT2D eigenvalue weighted by molar-refractivity contribution is -0.384. The molecule has 21 heavy (non-hydrogen) atoms. The van der Waals surface area contributed by atoms with Crippen molar-refractivity contribution < 1.29 is 14.8 Å². The monoisotopic (exact) mass is 298 g/mol. The maximum Gasteiger partial charge on any atom is 0.333 e. The highest BCUT2D eigenvalue weighted by molar-refractivity contribution is 5.69. The van der Waals surface area contributed by atoms with E-state index in [0.717, 1.165) is 0 Å². The summed E-state index contributed by atoms with van der Waals surface area (Å²) in [5.41, 5.74) is 0.285. The van der Waals surface area contributed by atoms with E-state index in [1.807, 2.05) is 20.8 Å². The van der Waals surface area contributed by atoms with Crippen molar-refractivity contribution in [3.05, 3.63) is 15.8 Å². The van der Waals surface area contributed by atoms with E-state index in [4.69, 9.17) is 5.11 Å². The SMILES string of the molecule is CCN(c1c([N+](=O)[O-])c(C)nn1C(C)C)C(C)CC(=O)O. The highest BCUT2D eigenvalue weighted by Gasteiger charge is 2.32. The van der Waals surface area contributed by atoms with E-state index in [9.17, 15) is 14.9 Å². The van der Waals surface area contributed by atoms with Crippen LogP contribution in [-0.4, -0.2) is 38.4 Å². The van der Waals surface area contributed by atoms with Gasteiger partial charge in [0.25, 0.3) is 0 Å². The lowest BCUT2D eigenvalue weighted by atomic mass is 10.2. The third-order valence-corrected chi connectivity index (χ3v) is 3.32. The van der Waals surface area contributed by atoms with E-state index in [0.29, 0.717) is 18.1 Å². The number of aryl methyl sites for hydroxylation is 1. The van der Waals surface area contributed by atoms with Crippen LogP contribution in [-0.2, 0) is 4.79 Å². The maximum atomic E-state index is 11.4. The van der Waals surface area contributed by atoms with Gasteiger partial charge in [0.2, 0.25) is 5.82 Å². The standard InChI is InChI=1S/C13H22N4O4/c1-6-15(9(4)7-11(18)19)13-12(17(20)21)10(5)14-16(13)8(2)3/h8-9H,6-7H2,1-5H3,(H,18,19). The van der Waals surface area contributed by atoms with Gasteiger partial charge in [-0.1, -0.05) is 0 Å². The van der Waals surface area contributed by atoms with Crippen molar-refractivity contribution in [1.82, 2.24) is 9.78 Å². The van der Waals surface area contributed by atoms with Crippen molar-refractivity contribution in [1.29, 1.82) is 0 Å². The summed E-state index contributed by atoms with van der Waals surface area (Å²) < 4.78 is 1.59. The normalized spacial score (nSPS) is 12.5. The molecule has 0 aliphatic carbocycles. The summed E-state index contributed by atoms with van der Waals surface area (Å²) in [6, 6.07) is -0.418. The molecule has 0 saturated heterocycles. The van der Waals surface area contributed by atoms with E-state index in [1.54, 1.807) is 23.4 Å². The minimum atomic E-state index is -0.934. The fourth-order valence-electron chi connectivity index (χ4n) is 2.40. The van der Waals surface area contributed by atoms with E-state index < -0.39 is 10.9 Å². The van der Waals surface area contributed by atoms with Crippen LogP contribution in [0.3, 0.4) is 0 Å². The Morgan fingerprint density at radius 1 is 1.48 bits per heavy atom. The Morgan fingerprint density at radius 3 is 2.43 bits per heavy atom. The molecule has 0 saturated carbocycles. The molecule has 0 spiro atoms. The second-order valence-corrected chi connectivity index (χ2v) is 5.29. The molecular formula is C13H22N4O4. The number of nitrogens with zero attached hydrogens (tertiary/aromatic N) is 4. The van der Waals surface area contributed by atoms with Crippen molar-refractivity contribution in [3.8, 4) is 0 Å². The van der Waals surface area contributed by atoms with Crippen molar-refractivity contribution in [2.45, 2.75) is 53.1 Å². The van der Waals surface area contributed by atoms with E-state index >= 15 is 0 Å². The molecule has 0 aliphatic rings. The second kappa shape index (κ2) is 6.55. The first-order valence-corrected chi connectivity index (χ1v) is 6.92. The topological polar surface area (TPSA) is 101 Å². The van der Waals surface area contributed by atoms with Crippen LogP contribution in [0.5, 0.6) is 0 Å². The molecule has 0 aromatic carbocycles. The third kappa shape index (κ3) is 3.50. The maximum absolute atomic E-state index is 11.4. The van der Waals surface area contributed by atoms with Gasteiger partial charge in [-0.15, -0.1) is 0 Å². The van der Waals surface area contributed by atoms with Gasteiger partial charge in [-0.05, 0) is 34.6 Å². The predicted octanol–water partition coefficient (Wildman–Crippen LogP) is 2.37. The third-order valence-electron chi connectivity index (χ3n) is 3.32. The van der Waals surface area contributed by atoms with Crippen molar-refractivity contribution in [2.75, 3.05) is 11.4 Å². The van der Waals surface area contributed by atoms with E-state index in [-0.39, 0.29) is 24.2 Å². The number of nitro groups is 1. The Labute approximate surface area is 123 Å². The Balaban J connectivity index is 3.42. The van der Waals surface area contributed by atoms with Gasteiger partial charge in [-0.25, -0.2) is 4.68 Å². The average molecular weight is 298 g/mol. The molecule has 0 fully saturated rings. The molecule has 8 heteroatoms. The molecule has 0 amide bonds. The molecule has 1 heterocycles. The van der Waals surface area contributed by atoms with Crippen molar-refractivity contribution >= 4 is 17.5 Å². The number of rotatable bonds is 7. The van der Waals surface area contributed by atoms with E-state index in [2.05, 4.69) is 5.10 Å². The molecule has 0 radical (unpaired) electrons. The van der Waals surface area contributed by atoms with Gasteiger partial charge >= 0.3 is 11.7 Å². The minimum Gasteiger partial charge on any atom is -0.481 e. The zero-order valence-corrected chi connectivity index (χ0v) is 13.0. The lowest BCUT2D eigenvalue weighted by Gasteiger charge is -2.29. The fraction of sp³-hybridized carbons (Fsp3) is 0.692. The number of anilines is 1. The quantitative estimate of drug-likeness (QED) is 0.612. The van der Waals surface area contributed by atoms with E-state index in [1.165, 1.54) is 0 Å². The molecule has 1 aromatic heterocycles. The van der Waals surface area contributed by atoms with Crippen molar-refractivity contribution in [2.24, 2.45) is 0 Å². The van der Waals surface area contributed by atoms with Crippen LogP contribution in [0.2, 0.25) is 0 Å². The summed E-state index contributed by atoms with van der Waals surface area (Å²) in [7, 11) is 0. The summed E-state index contributed by atoms with van der Waals surface area (Å²) in [6.07, 6.45) is -0.0900. The largest absolute Gasteiger partial charge is 0.481 e. The summed E-state index contributed by atoms with van der Waals surface area (Å²) in [6.45, 7) is 9.41. The first kappa shape index (κ1) is 16.9. The Hall–Kier alpha value is -2.12. The molecule has 8 nitrogen and oxygen atoms in total. The predicted molar refractivity (Wildman–Crippen MR) is 78.7 cm³/mol. The zero-order chi connectivity index (χ0) is 16.3. The average Bonchev–Trinajstić information content (AvgIpc) is 2.67. The van der Waals surface area contributed by atoms with Crippen molar-refractivity contribution in [3.63, 3.8) is 0 Å². The van der Waals surface area contributed by atoms with Gasteiger partial charge in [0, 0.05) is 18.6 Å². The first-order chi connectivity index (χ1) is 9.70. The summed E-state index contributed by atoms with van der Waals surface area (Å²) >= 11 is 0. The highest BCUT2D eigenvalue weighted by Crippen LogP contribution is 2.35. The molecule has 1 aromatic rings. The van der Waals surface area contributed by atoms with Gasteiger partial charge < -0.3 is 10.0 Å². The molecule has 1 N–H and O–H groups in total. The van der Waals surface area contributed by atoms with Gasteiger partial charge in [-0.2, -0.15) is 5.10 Å². The first-order valence-electron chi connectivity index (χ1n) is 6.92. The molecule has 1 rings (SSSR count). The minimum absolute atomic E-state index is 0.0530. The smallest absolute Gasteiger partial charge is 0.333 e. The molecule has 118 valence electrons. The van der Waals surface area contributed by atoms with Gasteiger partial charge in [0.15, 0.2) is 0 Å². The van der Waals surface area contributed by atoms with Crippen LogP contribution in [0.1, 0.15) is 45.9 Å². The van der Waals surface area contributed by atoms with Crippen LogP contribution >= 0.6 is 0 Å². The molecule has 0 bridgehead atoms. The van der Waals surface area contributed by atoms with Crippen LogP contribution in [0.25, 0.3) is 0 Å². The fourth-order valence-corrected chi connectivity index (χ4v) is 2.40. The van der Waals surface area contributed by atoms with Gasteiger partial charge in [0.1, 0.15) is 5.69 Å². The molecule has 1 atom stereocenters. The number of carboxylic acids is 1.